The van der Waals surface area contributed by atoms with E-state index in [0.717, 1.165) is 42.2 Å². The van der Waals surface area contributed by atoms with E-state index < -0.39 is 16.8 Å². The number of carbonyl (C=O) groups is 1. The molecule has 1 unspecified atom stereocenters. The molecule has 2 fully saturated rings. The van der Waals surface area contributed by atoms with Crippen molar-refractivity contribution >= 4 is 11.6 Å². The van der Waals surface area contributed by atoms with Gasteiger partial charge in [-0.1, -0.05) is 0 Å². The molecule has 0 N–H and O–H groups in total. The molecule has 1 atom stereocenters. The summed E-state index contributed by atoms with van der Waals surface area (Å²) in [5.74, 6) is -0.263. The number of rotatable bonds is 4. The molecule has 2 aliphatic heterocycles. The topological polar surface area (TPSA) is 104 Å². The third kappa shape index (κ3) is 3.46. The normalized spacial score (nSPS) is 21.8. The number of hydrogen-bond donors (Lipinski definition) is 0. The number of aromatic nitrogens is 1. The van der Waals surface area contributed by atoms with E-state index in [1.54, 1.807) is 4.90 Å². The summed E-state index contributed by atoms with van der Waals surface area (Å²) in [4.78, 5) is 36.4. The van der Waals surface area contributed by atoms with Crippen LogP contribution >= 0.6 is 0 Å². The largest absolute Gasteiger partial charge is 0.348 e. The lowest BCUT2D eigenvalue weighted by molar-refractivity contribution is -0.385. The lowest BCUT2D eigenvalue weighted by Crippen LogP contribution is -2.51. The Morgan fingerprint density at radius 3 is 2.75 bits per heavy atom. The number of nitro groups is 1. The minimum Gasteiger partial charge on any atom is -0.348 e. The van der Waals surface area contributed by atoms with Crippen LogP contribution in [-0.2, 0) is 20.8 Å². The summed E-state index contributed by atoms with van der Waals surface area (Å²) in [6.45, 7) is 1.35. The molecule has 2 saturated heterocycles. The average Bonchev–Trinajstić information content (AvgIpc) is 3.11. The van der Waals surface area contributed by atoms with Crippen LogP contribution in [0, 0.1) is 10.1 Å². The van der Waals surface area contributed by atoms with E-state index in [9.17, 15) is 19.7 Å². The summed E-state index contributed by atoms with van der Waals surface area (Å²) < 4.78 is 12.1. The van der Waals surface area contributed by atoms with Crippen molar-refractivity contribution < 1.29 is 19.2 Å². The zero-order valence-corrected chi connectivity index (χ0v) is 13.1. The fourth-order valence-electron chi connectivity index (χ4n) is 3.14. The van der Waals surface area contributed by atoms with Gasteiger partial charge in [0.15, 0.2) is 6.29 Å². The van der Waals surface area contributed by atoms with Crippen molar-refractivity contribution in [2.75, 3.05) is 19.8 Å². The van der Waals surface area contributed by atoms with Crippen LogP contribution in [0.4, 0.5) is 5.69 Å². The predicted octanol–water partition coefficient (Wildman–Crippen LogP) is 0.510. The van der Waals surface area contributed by atoms with Crippen LogP contribution in [0.25, 0.3) is 0 Å². The predicted molar refractivity (Wildman–Crippen MR) is 82.4 cm³/mol. The fourth-order valence-corrected chi connectivity index (χ4v) is 3.14. The van der Waals surface area contributed by atoms with E-state index in [1.807, 2.05) is 0 Å². The summed E-state index contributed by atoms with van der Waals surface area (Å²) in [7, 11) is 0. The Morgan fingerprint density at radius 1 is 1.29 bits per heavy atom. The highest BCUT2D eigenvalue weighted by molar-refractivity contribution is 5.76. The van der Waals surface area contributed by atoms with Crippen molar-refractivity contribution in [3.8, 4) is 0 Å². The molecule has 24 heavy (non-hydrogen) atoms. The van der Waals surface area contributed by atoms with Crippen molar-refractivity contribution in [3.05, 3.63) is 38.8 Å². The fraction of sp³-hybridized carbons (Fsp3) is 0.600. The van der Waals surface area contributed by atoms with Gasteiger partial charge in [-0.3, -0.25) is 24.3 Å². The van der Waals surface area contributed by atoms with Gasteiger partial charge in [0, 0.05) is 18.7 Å². The maximum atomic E-state index is 12.7. The zero-order valence-electron chi connectivity index (χ0n) is 13.1. The van der Waals surface area contributed by atoms with Crippen LogP contribution in [0.1, 0.15) is 19.3 Å². The first-order valence-electron chi connectivity index (χ1n) is 7.94. The lowest BCUT2D eigenvalue weighted by Gasteiger charge is -2.38. The molecule has 0 bridgehead atoms. The quantitative estimate of drug-likeness (QED) is 0.586. The molecule has 0 saturated carbocycles. The van der Waals surface area contributed by atoms with Crippen LogP contribution in [0.5, 0.6) is 0 Å². The third-order valence-corrected chi connectivity index (χ3v) is 4.32. The highest BCUT2D eigenvalue weighted by Gasteiger charge is 2.36. The van der Waals surface area contributed by atoms with E-state index in [0.29, 0.717) is 19.8 Å². The van der Waals surface area contributed by atoms with E-state index in [1.165, 1.54) is 0 Å². The molecule has 130 valence electrons. The standard InChI is InChI=1S/C15H19N3O6/c19-13-5-4-11(18(21)22)9-16(13)10-14(20)17-6-2-1-3-12(17)15-23-7-8-24-15/h4-5,9,12,15H,1-3,6-8,10H2. The van der Waals surface area contributed by atoms with E-state index in [2.05, 4.69) is 0 Å². The molecule has 3 rings (SSSR count). The zero-order chi connectivity index (χ0) is 17.1. The van der Waals surface area contributed by atoms with E-state index >= 15 is 0 Å². The molecule has 9 nitrogen and oxygen atoms in total. The van der Waals surface area contributed by atoms with Crippen molar-refractivity contribution in [1.82, 2.24) is 9.47 Å². The second kappa shape index (κ2) is 7.10. The molecule has 1 aromatic rings. The highest BCUT2D eigenvalue weighted by atomic mass is 16.7. The number of amides is 1. The van der Waals surface area contributed by atoms with Gasteiger partial charge in [-0.05, 0) is 19.3 Å². The number of carbonyl (C=O) groups excluding carboxylic acids is 1. The summed E-state index contributed by atoms with van der Waals surface area (Å²) in [6, 6.07) is 2.05. The smallest absolute Gasteiger partial charge is 0.285 e. The summed E-state index contributed by atoms with van der Waals surface area (Å²) >= 11 is 0. The molecule has 2 aliphatic rings. The number of likely N-dealkylation sites (tertiary alicyclic amines) is 1. The molecule has 3 heterocycles. The number of nitrogens with zero attached hydrogens (tertiary/aromatic N) is 3. The number of piperidine rings is 1. The molecular weight excluding hydrogens is 318 g/mol. The van der Waals surface area contributed by atoms with Crippen molar-refractivity contribution in [2.24, 2.45) is 0 Å². The van der Waals surface area contributed by atoms with E-state index in [-0.39, 0.29) is 24.2 Å². The molecule has 1 amide bonds. The molecule has 0 aromatic carbocycles. The molecular formula is C15H19N3O6. The minimum absolute atomic E-state index is 0.178. The third-order valence-electron chi connectivity index (χ3n) is 4.32. The van der Waals surface area contributed by atoms with Gasteiger partial charge in [0.1, 0.15) is 6.54 Å². The van der Waals surface area contributed by atoms with Crippen LogP contribution in [0.2, 0.25) is 0 Å². The average molecular weight is 337 g/mol. The summed E-state index contributed by atoms with van der Waals surface area (Å²) in [5, 5.41) is 10.8. The summed E-state index contributed by atoms with van der Waals surface area (Å²) in [5.41, 5.74) is -0.670. The Balaban J connectivity index is 1.76. The van der Waals surface area contributed by atoms with Gasteiger partial charge in [-0.2, -0.15) is 0 Å². The first kappa shape index (κ1) is 16.6. The Bertz CT molecular complexity index is 682. The van der Waals surface area contributed by atoms with Gasteiger partial charge in [-0.25, -0.2) is 0 Å². The van der Waals surface area contributed by atoms with Crippen molar-refractivity contribution in [3.63, 3.8) is 0 Å². The first-order chi connectivity index (χ1) is 11.6. The van der Waals surface area contributed by atoms with Gasteiger partial charge in [0.05, 0.1) is 30.4 Å². The Hall–Kier alpha value is -2.26. The van der Waals surface area contributed by atoms with Gasteiger partial charge in [0.25, 0.3) is 11.2 Å². The second-order valence-corrected chi connectivity index (χ2v) is 5.87. The maximum Gasteiger partial charge on any atom is 0.285 e. The van der Waals surface area contributed by atoms with Gasteiger partial charge in [0.2, 0.25) is 5.91 Å². The molecule has 9 heteroatoms. The van der Waals surface area contributed by atoms with Crippen LogP contribution in [0.15, 0.2) is 23.1 Å². The molecule has 1 aromatic heterocycles. The summed E-state index contributed by atoms with van der Waals surface area (Å²) in [6.07, 6.45) is 3.30. The van der Waals surface area contributed by atoms with Crippen LogP contribution in [0.3, 0.4) is 0 Å². The molecule has 0 aliphatic carbocycles. The Morgan fingerprint density at radius 2 is 2.04 bits per heavy atom. The second-order valence-electron chi connectivity index (χ2n) is 5.87. The Labute approximate surface area is 137 Å². The Kier molecular flexibility index (Phi) is 4.91. The van der Waals surface area contributed by atoms with Crippen molar-refractivity contribution in [1.29, 1.82) is 0 Å². The van der Waals surface area contributed by atoms with Gasteiger partial charge >= 0.3 is 0 Å². The number of ether oxygens (including phenoxy) is 2. The van der Waals surface area contributed by atoms with Crippen molar-refractivity contribution in [2.45, 2.75) is 38.1 Å². The SMILES string of the molecule is O=C(Cn1cc([N+](=O)[O-])ccc1=O)N1CCCCC1C1OCCO1. The van der Waals surface area contributed by atoms with E-state index in [4.69, 9.17) is 9.47 Å². The molecule has 0 radical (unpaired) electrons. The minimum atomic E-state index is -0.593. The highest BCUT2D eigenvalue weighted by Crippen LogP contribution is 2.24. The first-order valence-corrected chi connectivity index (χ1v) is 7.94. The van der Waals surface area contributed by atoms with Gasteiger partial charge in [-0.15, -0.1) is 0 Å². The maximum absolute atomic E-state index is 12.7. The van der Waals surface area contributed by atoms with Gasteiger partial charge < -0.3 is 14.4 Å². The number of hydrogen-bond acceptors (Lipinski definition) is 6. The monoisotopic (exact) mass is 337 g/mol. The number of pyridine rings is 1. The molecule has 0 spiro atoms. The van der Waals surface area contributed by atoms with Crippen LogP contribution < -0.4 is 5.56 Å². The lowest BCUT2D eigenvalue weighted by atomic mass is 10.0. The van der Waals surface area contributed by atoms with Crippen LogP contribution in [-0.4, -0.2) is 52.4 Å².